The molecule has 0 radical (unpaired) electrons. The number of thiophene rings is 1. The summed E-state index contributed by atoms with van der Waals surface area (Å²) in [6, 6.07) is 10.2. The molecule has 0 spiro atoms. The number of aromatic nitrogens is 1. The number of carbonyl (C=O) groups excluding carboxylic acids is 1. The lowest BCUT2D eigenvalue weighted by Gasteiger charge is -2.26. The zero-order chi connectivity index (χ0) is 18.0. The van der Waals surface area contributed by atoms with Crippen LogP contribution in [0, 0.1) is 0 Å². The first-order valence-electron chi connectivity index (χ1n) is 7.74. The van der Waals surface area contributed by atoms with E-state index in [2.05, 4.69) is 10.5 Å². The topological polar surface area (TPSA) is 102 Å². The highest BCUT2D eigenvalue weighted by atomic mass is 32.1. The summed E-state index contributed by atoms with van der Waals surface area (Å²) in [5.74, 6) is 0.360. The van der Waals surface area contributed by atoms with Crippen molar-refractivity contribution >= 4 is 17.2 Å². The molecule has 1 amide bonds. The fourth-order valence-electron chi connectivity index (χ4n) is 2.56. The quantitative estimate of drug-likeness (QED) is 0.540. The maximum Gasteiger partial charge on any atom is 0.273 e. The van der Waals surface area contributed by atoms with Crippen molar-refractivity contribution in [3.63, 3.8) is 0 Å². The standard InChI is InChI=1S/C18H14N2O5S/c21-17(13-9-15(25-20-13)14-3-1-6-24-14)19-11-18(22,12-5-7-23-10-12)16-4-2-8-26-16/h1-10,22H,11H2,(H,19,21). The van der Waals surface area contributed by atoms with Crippen molar-refractivity contribution in [1.29, 1.82) is 0 Å². The van der Waals surface area contributed by atoms with Crippen LogP contribution >= 0.6 is 11.3 Å². The van der Waals surface area contributed by atoms with Gasteiger partial charge >= 0.3 is 0 Å². The molecular formula is C18H14N2O5S. The molecule has 4 aromatic rings. The summed E-state index contributed by atoms with van der Waals surface area (Å²) >= 11 is 1.39. The predicted octanol–water partition coefficient (Wildman–Crippen LogP) is 3.26. The van der Waals surface area contributed by atoms with Gasteiger partial charge in [0, 0.05) is 16.5 Å². The second-order valence-electron chi connectivity index (χ2n) is 5.59. The van der Waals surface area contributed by atoms with Gasteiger partial charge in [-0.1, -0.05) is 11.2 Å². The Morgan fingerprint density at radius 2 is 2.15 bits per heavy atom. The smallest absolute Gasteiger partial charge is 0.273 e. The number of hydrogen-bond donors (Lipinski definition) is 2. The van der Waals surface area contributed by atoms with Gasteiger partial charge in [0.2, 0.25) is 5.76 Å². The first kappa shape index (κ1) is 16.4. The van der Waals surface area contributed by atoms with Crippen LogP contribution in [0.1, 0.15) is 20.9 Å². The molecule has 0 aliphatic carbocycles. The lowest BCUT2D eigenvalue weighted by atomic mass is 9.94. The molecule has 0 aliphatic rings. The van der Waals surface area contributed by atoms with E-state index < -0.39 is 11.5 Å². The first-order valence-corrected chi connectivity index (χ1v) is 8.62. The second-order valence-corrected chi connectivity index (χ2v) is 6.53. The highest BCUT2D eigenvalue weighted by Crippen LogP contribution is 2.32. The molecule has 0 saturated heterocycles. The Labute approximate surface area is 151 Å². The Morgan fingerprint density at radius 3 is 2.85 bits per heavy atom. The maximum atomic E-state index is 12.4. The maximum absolute atomic E-state index is 12.4. The van der Waals surface area contributed by atoms with Gasteiger partial charge in [-0.3, -0.25) is 4.79 Å². The molecule has 4 heterocycles. The van der Waals surface area contributed by atoms with E-state index in [9.17, 15) is 9.90 Å². The molecule has 0 fully saturated rings. The van der Waals surface area contributed by atoms with Gasteiger partial charge in [0.25, 0.3) is 5.91 Å². The van der Waals surface area contributed by atoms with E-state index in [1.807, 2.05) is 11.4 Å². The summed E-state index contributed by atoms with van der Waals surface area (Å²) in [4.78, 5) is 13.1. The summed E-state index contributed by atoms with van der Waals surface area (Å²) in [7, 11) is 0. The lowest BCUT2D eigenvalue weighted by molar-refractivity contribution is 0.0709. The minimum absolute atomic E-state index is 0.0468. The molecule has 1 atom stereocenters. The molecule has 1 unspecified atom stereocenters. The number of nitrogens with zero attached hydrogens (tertiary/aromatic N) is 1. The number of amides is 1. The summed E-state index contributed by atoms with van der Waals surface area (Å²) in [6.45, 7) is -0.0468. The predicted molar refractivity (Wildman–Crippen MR) is 92.6 cm³/mol. The Bertz CT molecular complexity index is 937. The minimum Gasteiger partial charge on any atom is -0.472 e. The van der Waals surface area contributed by atoms with E-state index in [1.54, 1.807) is 24.3 Å². The number of rotatable bonds is 6. The van der Waals surface area contributed by atoms with Crippen LogP contribution in [-0.2, 0) is 5.60 Å². The van der Waals surface area contributed by atoms with E-state index >= 15 is 0 Å². The first-order chi connectivity index (χ1) is 12.7. The number of furan rings is 2. The second kappa shape index (κ2) is 6.66. The van der Waals surface area contributed by atoms with Crippen molar-refractivity contribution in [2.75, 3.05) is 6.54 Å². The van der Waals surface area contributed by atoms with Gasteiger partial charge in [-0.15, -0.1) is 11.3 Å². The van der Waals surface area contributed by atoms with Crippen LogP contribution in [0.3, 0.4) is 0 Å². The van der Waals surface area contributed by atoms with Crippen molar-refractivity contribution in [3.05, 3.63) is 76.7 Å². The van der Waals surface area contributed by atoms with Crippen molar-refractivity contribution < 1.29 is 23.3 Å². The molecule has 0 aromatic carbocycles. The van der Waals surface area contributed by atoms with Gasteiger partial charge in [0.1, 0.15) is 5.60 Å². The number of aliphatic hydroxyl groups is 1. The molecule has 4 rings (SSSR count). The summed E-state index contributed by atoms with van der Waals surface area (Å²) in [6.07, 6.45) is 4.43. The molecule has 0 aliphatic heterocycles. The highest BCUT2D eigenvalue weighted by molar-refractivity contribution is 7.10. The normalized spacial score (nSPS) is 13.4. The number of hydrogen-bond acceptors (Lipinski definition) is 7. The summed E-state index contributed by atoms with van der Waals surface area (Å²) < 4.78 is 15.4. The van der Waals surface area contributed by atoms with Crippen LogP contribution in [0.5, 0.6) is 0 Å². The molecule has 26 heavy (non-hydrogen) atoms. The van der Waals surface area contributed by atoms with Crippen molar-refractivity contribution in [3.8, 4) is 11.5 Å². The molecule has 4 aromatic heterocycles. The van der Waals surface area contributed by atoms with Gasteiger partial charge in [0.15, 0.2) is 11.5 Å². The number of nitrogens with one attached hydrogen (secondary N) is 1. The molecule has 8 heteroatoms. The Morgan fingerprint density at radius 1 is 1.23 bits per heavy atom. The van der Waals surface area contributed by atoms with E-state index in [-0.39, 0.29) is 12.2 Å². The van der Waals surface area contributed by atoms with Gasteiger partial charge < -0.3 is 23.8 Å². The minimum atomic E-state index is -1.40. The zero-order valence-electron chi connectivity index (χ0n) is 13.4. The average Bonchev–Trinajstić information content (AvgIpc) is 3.45. The van der Waals surface area contributed by atoms with Crippen LogP contribution in [0.2, 0.25) is 0 Å². The van der Waals surface area contributed by atoms with Gasteiger partial charge in [-0.05, 0) is 29.6 Å². The van der Waals surface area contributed by atoms with E-state index in [0.717, 1.165) is 0 Å². The molecule has 7 nitrogen and oxygen atoms in total. The van der Waals surface area contributed by atoms with Crippen LogP contribution in [-0.4, -0.2) is 22.7 Å². The third-order valence-corrected chi connectivity index (χ3v) is 4.96. The molecular weight excluding hydrogens is 356 g/mol. The molecule has 0 bridgehead atoms. The highest BCUT2D eigenvalue weighted by Gasteiger charge is 2.34. The average molecular weight is 370 g/mol. The van der Waals surface area contributed by atoms with E-state index in [1.165, 1.54) is 36.2 Å². The van der Waals surface area contributed by atoms with Crippen molar-refractivity contribution in [2.24, 2.45) is 0 Å². The fraction of sp³-hybridized carbons (Fsp3) is 0.111. The Kier molecular flexibility index (Phi) is 4.19. The number of carbonyl (C=O) groups is 1. The van der Waals surface area contributed by atoms with Crippen molar-refractivity contribution in [2.45, 2.75) is 5.60 Å². The van der Waals surface area contributed by atoms with Gasteiger partial charge in [0.05, 0.1) is 25.3 Å². The monoisotopic (exact) mass is 370 g/mol. The zero-order valence-corrected chi connectivity index (χ0v) is 14.2. The van der Waals surface area contributed by atoms with E-state index in [0.29, 0.717) is 22.0 Å². The molecule has 0 saturated carbocycles. The molecule has 2 N–H and O–H groups in total. The van der Waals surface area contributed by atoms with E-state index in [4.69, 9.17) is 13.4 Å². The summed E-state index contributed by atoms with van der Waals surface area (Å²) in [5, 5.41) is 19.5. The Balaban J connectivity index is 1.52. The van der Waals surface area contributed by atoms with Crippen LogP contribution < -0.4 is 5.32 Å². The Hall–Kier alpha value is -3.10. The van der Waals surface area contributed by atoms with Gasteiger partial charge in [-0.25, -0.2) is 0 Å². The van der Waals surface area contributed by atoms with Crippen LogP contribution in [0.25, 0.3) is 11.5 Å². The lowest BCUT2D eigenvalue weighted by Crippen LogP contribution is -2.41. The third kappa shape index (κ3) is 2.96. The fourth-order valence-corrected chi connectivity index (χ4v) is 3.41. The van der Waals surface area contributed by atoms with Crippen molar-refractivity contribution in [1.82, 2.24) is 10.5 Å². The molecule has 132 valence electrons. The van der Waals surface area contributed by atoms with Gasteiger partial charge in [-0.2, -0.15) is 0 Å². The van der Waals surface area contributed by atoms with Crippen LogP contribution in [0.15, 0.2) is 73.9 Å². The summed E-state index contributed by atoms with van der Waals surface area (Å²) in [5.41, 5.74) is -0.751. The largest absolute Gasteiger partial charge is 0.472 e. The van der Waals surface area contributed by atoms with Crippen LogP contribution in [0.4, 0.5) is 0 Å². The SMILES string of the molecule is O=C(NCC(O)(c1ccoc1)c1cccs1)c1cc(-c2ccco2)on1. The third-order valence-electron chi connectivity index (χ3n) is 3.94.